The molecular weight excluding hydrogens is 216 g/mol. The van der Waals surface area contributed by atoms with Crippen LogP contribution >= 0.6 is 0 Å². The molecule has 0 fully saturated rings. The maximum atomic E-state index is 10.8. The van der Waals surface area contributed by atoms with Crippen molar-refractivity contribution in [2.45, 2.75) is 0 Å². The van der Waals surface area contributed by atoms with Crippen LogP contribution in [0.25, 0.3) is 0 Å². The minimum Gasteiger partial charge on any atom is -0.364 e. The lowest BCUT2D eigenvalue weighted by molar-refractivity contribution is 0.0995. The summed E-state index contributed by atoms with van der Waals surface area (Å²) in [6.07, 6.45) is 4.70. The van der Waals surface area contributed by atoms with Gasteiger partial charge in [-0.25, -0.2) is 0 Å². The molecule has 0 aliphatic heterocycles. The van der Waals surface area contributed by atoms with E-state index in [4.69, 9.17) is 11.1 Å². The Bertz CT molecular complexity index is 548. The van der Waals surface area contributed by atoms with Gasteiger partial charge >= 0.3 is 0 Å². The Balaban J connectivity index is 2.30. The quantitative estimate of drug-likeness (QED) is 0.764. The summed E-state index contributed by atoms with van der Waals surface area (Å²) in [7, 11) is 0. The van der Waals surface area contributed by atoms with E-state index in [9.17, 15) is 4.79 Å². The van der Waals surface area contributed by atoms with Crippen LogP contribution in [0, 0.1) is 5.41 Å². The van der Waals surface area contributed by atoms with Gasteiger partial charge in [-0.3, -0.25) is 20.2 Å². The second kappa shape index (κ2) is 4.52. The molecule has 2 aromatic rings. The van der Waals surface area contributed by atoms with E-state index in [2.05, 4.69) is 9.97 Å². The molecule has 0 saturated carbocycles. The number of amides is 1. The predicted octanol–water partition coefficient (Wildman–Crippen LogP) is 0.992. The molecule has 2 rings (SSSR count). The van der Waals surface area contributed by atoms with Crippen LogP contribution in [-0.2, 0) is 0 Å². The van der Waals surface area contributed by atoms with Gasteiger partial charge in [-0.05, 0) is 24.3 Å². The Morgan fingerprint density at radius 2 is 1.82 bits per heavy atom. The van der Waals surface area contributed by atoms with Gasteiger partial charge in [0.25, 0.3) is 5.91 Å². The fraction of sp³-hybridized carbons (Fsp3) is 0. The van der Waals surface area contributed by atoms with Crippen LogP contribution in [0.15, 0.2) is 42.9 Å². The predicted molar refractivity (Wildman–Crippen MR) is 62.9 cm³/mol. The van der Waals surface area contributed by atoms with Crippen LogP contribution in [0.1, 0.15) is 21.6 Å². The van der Waals surface area contributed by atoms with Crippen molar-refractivity contribution in [3.8, 4) is 0 Å². The first-order chi connectivity index (χ1) is 8.18. The third-order valence-electron chi connectivity index (χ3n) is 2.27. The van der Waals surface area contributed by atoms with Crippen LogP contribution in [0.4, 0.5) is 0 Å². The highest BCUT2D eigenvalue weighted by Gasteiger charge is 2.06. The molecule has 1 amide bonds. The minimum atomic E-state index is -0.577. The van der Waals surface area contributed by atoms with Crippen molar-refractivity contribution < 1.29 is 4.79 Å². The van der Waals surface area contributed by atoms with Crippen LogP contribution in [0.5, 0.6) is 0 Å². The third-order valence-corrected chi connectivity index (χ3v) is 2.27. The number of aromatic nitrogens is 2. The van der Waals surface area contributed by atoms with Gasteiger partial charge in [-0.1, -0.05) is 0 Å². The molecule has 0 atom stereocenters. The number of carbonyl (C=O) groups excluding carboxylic acids is 1. The summed E-state index contributed by atoms with van der Waals surface area (Å²) in [5, 5.41) is 7.96. The first-order valence-corrected chi connectivity index (χ1v) is 4.93. The van der Waals surface area contributed by atoms with Gasteiger partial charge in [0.05, 0.1) is 5.71 Å². The van der Waals surface area contributed by atoms with Gasteiger partial charge in [0, 0.05) is 29.7 Å². The number of pyridine rings is 2. The minimum absolute atomic E-state index is 0.191. The Labute approximate surface area is 97.8 Å². The van der Waals surface area contributed by atoms with Crippen molar-refractivity contribution in [2.24, 2.45) is 5.73 Å². The summed E-state index contributed by atoms with van der Waals surface area (Å²) in [4.78, 5) is 18.6. The van der Waals surface area contributed by atoms with Crippen molar-refractivity contribution in [1.29, 1.82) is 5.41 Å². The summed E-state index contributed by atoms with van der Waals surface area (Å²) in [5.74, 6) is -0.577. The topological polar surface area (TPSA) is 92.7 Å². The van der Waals surface area contributed by atoms with Crippen LogP contribution in [-0.4, -0.2) is 21.6 Å². The van der Waals surface area contributed by atoms with Crippen LogP contribution < -0.4 is 5.73 Å². The maximum Gasteiger partial charge on any atom is 0.267 e. The lowest BCUT2D eigenvalue weighted by Gasteiger charge is -2.03. The first kappa shape index (κ1) is 10.9. The fourth-order valence-electron chi connectivity index (χ4n) is 1.37. The summed E-state index contributed by atoms with van der Waals surface area (Å²) in [6, 6.07) is 6.64. The smallest absolute Gasteiger partial charge is 0.267 e. The van der Waals surface area contributed by atoms with E-state index < -0.39 is 5.91 Å². The largest absolute Gasteiger partial charge is 0.364 e. The standard InChI is InChI=1S/C12H10N4O/c13-11(8-3-5-15-6-4-8)9-1-2-10(12(14)17)16-7-9/h1-7,13H,(H2,14,17). The van der Waals surface area contributed by atoms with Gasteiger partial charge in [-0.2, -0.15) is 0 Å². The Hall–Kier alpha value is -2.56. The number of nitrogens with zero attached hydrogens (tertiary/aromatic N) is 2. The Morgan fingerprint density at radius 1 is 1.12 bits per heavy atom. The van der Waals surface area contributed by atoms with Crippen LogP contribution in [0.3, 0.4) is 0 Å². The van der Waals surface area contributed by atoms with E-state index in [0.29, 0.717) is 11.3 Å². The van der Waals surface area contributed by atoms with Crippen molar-refractivity contribution in [3.63, 3.8) is 0 Å². The van der Waals surface area contributed by atoms with Crippen LogP contribution in [0.2, 0.25) is 0 Å². The number of carbonyl (C=O) groups is 1. The normalized spacial score (nSPS) is 9.88. The van der Waals surface area contributed by atoms with E-state index in [1.165, 1.54) is 12.3 Å². The van der Waals surface area contributed by atoms with E-state index in [1.54, 1.807) is 30.6 Å². The van der Waals surface area contributed by atoms with E-state index in [1.807, 2.05) is 0 Å². The number of hydrogen-bond acceptors (Lipinski definition) is 4. The highest BCUT2D eigenvalue weighted by Crippen LogP contribution is 2.08. The Morgan fingerprint density at radius 3 is 2.35 bits per heavy atom. The lowest BCUT2D eigenvalue weighted by Crippen LogP contribution is -2.13. The zero-order valence-corrected chi connectivity index (χ0v) is 8.92. The van der Waals surface area contributed by atoms with Gasteiger partial charge < -0.3 is 5.73 Å². The molecule has 0 aliphatic rings. The molecule has 2 aromatic heterocycles. The van der Waals surface area contributed by atoms with Crippen molar-refractivity contribution in [2.75, 3.05) is 0 Å². The van der Waals surface area contributed by atoms with E-state index >= 15 is 0 Å². The SMILES string of the molecule is N=C(c1ccncc1)c1ccc(C(N)=O)nc1. The molecule has 0 aromatic carbocycles. The molecule has 0 unspecified atom stereocenters. The number of nitrogens with two attached hydrogens (primary N) is 1. The average molecular weight is 226 g/mol. The van der Waals surface area contributed by atoms with E-state index in [-0.39, 0.29) is 5.69 Å². The number of rotatable bonds is 3. The first-order valence-electron chi connectivity index (χ1n) is 4.93. The molecular formula is C12H10N4O. The zero-order valence-electron chi connectivity index (χ0n) is 8.92. The molecule has 17 heavy (non-hydrogen) atoms. The molecule has 5 nitrogen and oxygen atoms in total. The fourth-order valence-corrected chi connectivity index (χ4v) is 1.37. The second-order valence-electron chi connectivity index (χ2n) is 3.41. The average Bonchev–Trinajstić information content (AvgIpc) is 2.39. The molecule has 0 saturated heterocycles. The molecule has 0 radical (unpaired) electrons. The van der Waals surface area contributed by atoms with E-state index in [0.717, 1.165) is 5.56 Å². The molecule has 84 valence electrons. The number of primary amides is 1. The van der Waals surface area contributed by atoms with Gasteiger partial charge in [0.1, 0.15) is 5.69 Å². The van der Waals surface area contributed by atoms with Crippen molar-refractivity contribution in [1.82, 2.24) is 9.97 Å². The summed E-state index contributed by atoms with van der Waals surface area (Å²) < 4.78 is 0. The van der Waals surface area contributed by atoms with Crippen molar-refractivity contribution >= 4 is 11.6 Å². The number of nitrogens with one attached hydrogen (secondary N) is 1. The molecule has 0 bridgehead atoms. The highest BCUT2D eigenvalue weighted by molar-refractivity contribution is 6.10. The highest BCUT2D eigenvalue weighted by atomic mass is 16.1. The molecule has 0 aliphatic carbocycles. The van der Waals surface area contributed by atoms with Gasteiger partial charge in [0.2, 0.25) is 0 Å². The molecule has 2 heterocycles. The zero-order chi connectivity index (χ0) is 12.3. The molecule has 3 N–H and O–H groups in total. The monoisotopic (exact) mass is 226 g/mol. The molecule has 0 spiro atoms. The van der Waals surface area contributed by atoms with Gasteiger partial charge in [-0.15, -0.1) is 0 Å². The lowest BCUT2D eigenvalue weighted by atomic mass is 10.1. The Kier molecular flexibility index (Phi) is 2.91. The summed E-state index contributed by atoms with van der Waals surface area (Å²) >= 11 is 0. The second-order valence-corrected chi connectivity index (χ2v) is 3.41. The maximum absolute atomic E-state index is 10.8. The summed E-state index contributed by atoms with van der Waals surface area (Å²) in [5.41, 5.74) is 6.98. The number of hydrogen-bond donors (Lipinski definition) is 2. The van der Waals surface area contributed by atoms with Crippen molar-refractivity contribution in [3.05, 3.63) is 59.7 Å². The third kappa shape index (κ3) is 2.34. The molecule has 5 heteroatoms. The summed E-state index contributed by atoms with van der Waals surface area (Å²) in [6.45, 7) is 0. The van der Waals surface area contributed by atoms with Gasteiger partial charge in [0.15, 0.2) is 0 Å².